The van der Waals surface area contributed by atoms with Gasteiger partial charge in [-0.2, -0.15) is 4.39 Å². The highest BCUT2D eigenvalue weighted by molar-refractivity contribution is 5.73. The molecule has 1 aromatic heterocycles. The summed E-state index contributed by atoms with van der Waals surface area (Å²) in [5, 5.41) is 2.92. The van der Waals surface area contributed by atoms with Gasteiger partial charge in [0.1, 0.15) is 12.1 Å². The monoisotopic (exact) mass is 212 g/mol. The number of rotatable bonds is 6. The summed E-state index contributed by atoms with van der Waals surface area (Å²) in [5.74, 6) is -0.422. The minimum atomic E-state index is -0.565. The molecule has 0 unspecified atom stereocenters. The molecule has 15 heavy (non-hydrogen) atoms. The normalized spacial score (nSPS) is 9.93. The molecule has 0 aromatic carbocycles. The first kappa shape index (κ1) is 11.4. The molecule has 1 amide bonds. The van der Waals surface area contributed by atoms with Gasteiger partial charge in [-0.1, -0.05) is 0 Å². The first-order chi connectivity index (χ1) is 7.18. The number of hydrogen-bond acceptors (Lipinski definition) is 4. The van der Waals surface area contributed by atoms with Gasteiger partial charge in [-0.3, -0.25) is 4.79 Å². The number of carbonyl (C=O) groups is 1. The van der Waals surface area contributed by atoms with E-state index >= 15 is 0 Å². The Morgan fingerprint density at radius 3 is 2.93 bits per heavy atom. The van der Waals surface area contributed by atoms with Crippen LogP contribution in [0.2, 0.25) is 0 Å². The van der Waals surface area contributed by atoms with Crippen molar-refractivity contribution in [2.24, 2.45) is 5.73 Å². The third kappa shape index (κ3) is 4.90. The molecule has 0 fully saturated rings. The number of hydrogen-bond donors (Lipinski definition) is 2. The van der Waals surface area contributed by atoms with Crippen molar-refractivity contribution in [3.05, 3.63) is 18.3 Å². The second kappa shape index (κ2) is 5.90. The number of aromatic nitrogens is 2. The molecule has 0 bridgehead atoms. The predicted octanol–water partition coefficient (Wildman–Crippen LogP) is 0.683. The van der Waals surface area contributed by atoms with E-state index in [1.807, 2.05) is 0 Å². The zero-order valence-corrected chi connectivity index (χ0v) is 8.24. The first-order valence-electron chi connectivity index (χ1n) is 4.68. The fraction of sp³-hybridized carbons (Fsp3) is 0.444. The average molecular weight is 212 g/mol. The van der Waals surface area contributed by atoms with Crippen molar-refractivity contribution >= 4 is 11.7 Å². The Morgan fingerprint density at radius 2 is 2.27 bits per heavy atom. The predicted molar refractivity (Wildman–Crippen MR) is 53.5 cm³/mol. The Balaban J connectivity index is 2.17. The molecule has 1 heterocycles. The minimum absolute atomic E-state index is 0.303. The van der Waals surface area contributed by atoms with Crippen molar-refractivity contribution in [2.45, 2.75) is 19.3 Å². The molecule has 1 rings (SSSR count). The molecule has 0 radical (unpaired) electrons. The molecule has 6 heteroatoms. The van der Waals surface area contributed by atoms with Gasteiger partial charge in [-0.25, -0.2) is 9.97 Å². The van der Waals surface area contributed by atoms with E-state index in [-0.39, 0.29) is 5.91 Å². The Labute approximate surface area is 86.9 Å². The summed E-state index contributed by atoms with van der Waals surface area (Å²) >= 11 is 0. The Morgan fingerprint density at radius 1 is 1.47 bits per heavy atom. The van der Waals surface area contributed by atoms with E-state index in [2.05, 4.69) is 15.3 Å². The van der Waals surface area contributed by atoms with Crippen molar-refractivity contribution in [1.29, 1.82) is 0 Å². The lowest BCUT2D eigenvalue weighted by atomic mass is 10.2. The lowest BCUT2D eigenvalue weighted by molar-refractivity contribution is -0.118. The highest BCUT2D eigenvalue weighted by Crippen LogP contribution is 2.03. The minimum Gasteiger partial charge on any atom is -0.370 e. The molecule has 0 aliphatic heterocycles. The van der Waals surface area contributed by atoms with Crippen LogP contribution in [0.15, 0.2) is 12.4 Å². The number of nitrogens with zero attached hydrogens (tertiary/aromatic N) is 2. The van der Waals surface area contributed by atoms with Gasteiger partial charge in [0.05, 0.1) is 0 Å². The molecule has 0 aliphatic carbocycles. The fourth-order valence-corrected chi connectivity index (χ4v) is 1.07. The Hall–Kier alpha value is -1.72. The van der Waals surface area contributed by atoms with Crippen molar-refractivity contribution in [2.75, 3.05) is 11.9 Å². The smallest absolute Gasteiger partial charge is 0.217 e. The van der Waals surface area contributed by atoms with Gasteiger partial charge < -0.3 is 11.1 Å². The van der Waals surface area contributed by atoms with Gasteiger partial charge in [0.25, 0.3) is 0 Å². The topological polar surface area (TPSA) is 80.9 Å². The van der Waals surface area contributed by atoms with E-state index in [1.165, 1.54) is 6.07 Å². The molecule has 5 nitrogen and oxygen atoms in total. The number of halogens is 1. The van der Waals surface area contributed by atoms with Crippen LogP contribution in [0.1, 0.15) is 19.3 Å². The summed E-state index contributed by atoms with van der Waals surface area (Å²) < 4.78 is 12.6. The summed E-state index contributed by atoms with van der Waals surface area (Å²) in [7, 11) is 0. The number of amides is 1. The van der Waals surface area contributed by atoms with E-state index < -0.39 is 5.95 Å². The molecular weight excluding hydrogens is 199 g/mol. The van der Waals surface area contributed by atoms with Crippen molar-refractivity contribution in [3.8, 4) is 0 Å². The quantitative estimate of drug-likeness (QED) is 0.536. The van der Waals surface area contributed by atoms with Gasteiger partial charge in [0, 0.05) is 19.0 Å². The number of primary amides is 1. The van der Waals surface area contributed by atoms with E-state index in [0.29, 0.717) is 18.8 Å². The zero-order chi connectivity index (χ0) is 11.1. The third-order valence-corrected chi connectivity index (χ3v) is 1.79. The molecular formula is C9H13FN4O. The average Bonchev–Trinajstić information content (AvgIpc) is 2.17. The van der Waals surface area contributed by atoms with E-state index in [9.17, 15) is 9.18 Å². The van der Waals surface area contributed by atoms with Crippen molar-refractivity contribution < 1.29 is 9.18 Å². The van der Waals surface area contributed by atoms with Crippen LogP contribution in [-0.2, 0) is 4.79 Å². The second-order valence-corrected chi connectivity index (χ2v) is 3.08. The maximum absolute atomic E-state index is 12.6. The first-order valence-corrected chi connectivity index (χ1v) is 4.68. The number of nitrogens with two attached hydrogens (primary N) is 1. The maximum Gasteiger partial charge on any atom is 0.217 e. The SMILES string of the molecule is NC(=O)CCCCNc1cc(F)ncn1. The molecule has 1 aromatic rings. The van der Waals surface area contributed by atoms with Gasteiger partial charge >= 0.3 is 0 Å². The largest absolute Gasteiger partial charge is 0.370 e. The Kier molecular flexibility index (Phi) is 4.46. The number of unbranched alkanes of at least 4 members (excludes halogenated alkanes) is 1. The van der Waals surface area contributed by atoms with E-state index in [1.54, 1.807) is 0 Å². The maximum atomic E-state index is 12.6. The van der Waals surface area contributed by atoms with Crippen molar-refractivity contribution in [1.82, 2.24) is 9.97 Å². The molecule has 0 saturated carbocycles. The molecule has 0 atom stereocenters. The fourth-order valence-electron chi connectivity index (χ4n) is 1.07. The Bertz CT molecular complexity index is 332. The molecule has 0 saturated heterocycles. The highest BCUT2D eigenvalue weighted by Gasteiger charge is 1.97. The van der Waals surface area contributed by atoms with Crippen LogP contribution in [0.5, 0.6) is 0 Å². The number of anilines is 1. The summed E-state index contributed by atoms with van der Waals surface area (Å²) in [6.07, 6.45) is 3.03. The summed E-state index contributed by atoms with van der Waals surface area (Å²) in [6.45, 7) is 0.629. The van der Waals surface area contributed by atoms with Crippen LogP contribution in [-0.4, -0.2) is 22.4 Å². The van der Waals surface area contributed by atoms with Crippen LogP contribution in [0, 0.1) is 5.95 Å². The van der Waals surface area contributed by atoms with Gasteiger partial charge in [0.2, 0.25) is 11.9 Å². The molecule has 0 aliphatic rings. The van der Waals surface area contributed by atoms with Gasteiger partial charge in [0.15, 0.2) is 0 Å². The lowest BCUT2D eigenvalue weighted by Crippen LogP contribution is -2.11. The second-order valence-electron chi connectivity index (χ2n) is 3.08. The lowest BCUT2D eigenvalue weighted by Gasteiger charge is -2.03. The zero-order valence-electron chi connectivity index (χ0n) is 8.24. The van der Waals surface area contributed by atoms with Gasteiger partial charge in [-0.05, 0) is 12.8 Å². The number of nitrogens with one attached hydrogen (secondary N) is 1. The third-order valence-electron chi connectivity index (χ3n) is 1.79. The van der Waals surface area contributed by atoms with Crippen LogP contribution in [0.25, 0.3) is 0 Å². The van der Waals surface area contributed by atoms with Crippen LogP contribution >= 0.6 is 0 Å². The van der Waals surface area contributed by atoms with Crippen LogP contribution < -0.4 is 11.1 Å². The van der Waals surface area contributed by atoms with Crippen molar-refractivity contribution in [3.63, 3.8) is 0 Å². The van der Waals surface area contributed by atoms with Gasteiger partial charge in [-0.15, -0.1) is 0 Å². The molecule has 3 N–H and O–H groups in total. The standard InChI is InChI=1S/C9H13FN4O/c10-7-5-9(14-6-13-7)12-4-2-1-3-8(11)15/h5-6H,1-4H2,(H2,11,15)(H,12,13,14). The molecule has 0 spiro atoms. The van der Waals surface area contributed by atoms with E-state index in [0.717, 1.165) is 19.2 Å². The number of carbonyl (C=O) groups excluding carboxylic acids is 1. The van der Waals surface area contributed by atoms with Crippen LogP contribution in [0.4, 0.5) is 10.2 Å². The molecule has 82 valence electrons. The van der Waals surface area contributed by atoms with E-state index in [4.69, 9.17) is 5.73 Å². The summed E-state index contributed by atoms with van der Waals surface area (Å²) in [5.41, 5.74) is 4.98. The summed E-state index contributed by atoms with van der Waals surface area (Å²) in [6, 6.07) is 1.22. The highest BCUT2D eigenvalue weighted by atomic mass is 19.1. The summed E-state index contributed by atoms with van der Waals surface area (Å²) in [4.78, 5) is 17.6. The van der Waals surface area contributed by atoms with Crippen LogP contribution in [0.3, 0.4) is 0 Å².